The molecule has 2 aromatic rings. The van der Waals surface area contributed by atoms with Crippen LogP contribution in [0.25, 0.3) is 0 Å². The summed E-state index contributed by atoms with van der Waals surface area (Å²) in [6, 6.07) is 12.2. The molecule has 0 atom stereocenters. The first-order valence-corrected chi connectivity index (χ1v) is 8.00. The second-order valence-electron chi connectivity index (χ2n) is 5.79. The molecule has 1 fully saturated rings. The van der Waals surface area contributed by atoms with Gasteiger partial charge in [-0.1, -0.05) is 0 Å². The number of methoxy groups -OCH3 is 1. The van der Waals surface area contributed by atoms with E-state index in [4.69, 9.17) is 4.74 Å². The van der Waals surface area contributed by atoms with Crippen molar-refractivity contribution in [3.63, 3.8) is 0 Å². The fourth-order valence-corrected chi connectivity index (χ4v) is 3.00. The summed E-state index contributed by atoms with van der Waals surface area (Å²) in [5, 5.41) is 10.7. The number of piperazine rings is 1. The maximum Gasteiger partial charge on any atom is 0.269 e. The summed E-state index contributed by atoms with van der Waals surface area (Å²) in [5.41, 5.74) is 2.64. The Labute approximate surface area is 145 Å². The number of rotatable bonds is 5. The lowest BCUT2D eigenvalue weighted by molar-refractivity contribution is -0.384. The third-order valence-corrected chi connectivity index (χ3v) is 4.41. The molecule has 130 valence electrons. The molecule has 0 radical (unpaired) electrons. The van der Waals surface area contributed by atoms with E-state index >= 15 is 0 Å². The third-order valence-electron chi connectivity index (χ3n) is 4.41. The Kier molecular flexibility index (Phi) is 4.83. The molecule has 1 saturated heterocycles. The van der Waals surface area contributed by atoms with Crippen LogP contribution in [0.1, 0.15) is 10.4 Å². The number of aldehydes is 1. The smallest absolute Gasteiger partial charge is 0.269 e. The number of carbonyl (C=O) groups excluding carboxylic acids is 1. The fourth-order valence-electron chi connectivity index (χ4n) is 3.00. The van der Waals surface area contributed by atoms with Crippen molar-refractivity contribution in [2.24, 2.45) is 0 Å². The lowest BCUT2D eigenvalue weighted by Crippen LogP contribution is -2.46. The van der Waals surface area contributed by atoms with E-state index in [1.807, 2.05) is 12.1 Å². The summed E-state index contributed by atoms with van der Waals surface area (Å²) in [5.74, 6) is 0.574. The second-order valence-corrected chi connectivity index (χ2v) is 5.79. The number of carbonyl (C=O) groups is 1. The first-order chi connectivity index (χ1) is 12.1. The second kappa shape index (κ2) is 7.21. The molecule has 0 aromatic heterocycles. The number of nitro groups is 1. The van der Waals surface area contributed by atoms with Gasteiger partial charge < -0.3 is 14.5 Å². The molecule has 7 nitrogen and oxygen atoms in total. The minimum Gasteiger partial charge on any atom is -0.496 e. The van der Waals surface area contributed by atoms with Gasteiger partial charge in [-0.05, 0) is 24.3 Å². The fraction of sp³-hybridized carbons (Fsp3) is 0.278. The van der Waals surface area contributed by atoms with Crippen LogP contribution in [0.5, 0.6) is 5.75 Å². The van der Waals surface area contributed by atoms with Crippen LogP contribution in [0, 0.1) is 10.1 Å². The molecule has 2 aromatic carbocycles. The highest BCUT2D eigenvalue weighted by molar-refractivity contribution is 5.80. The standard InChI is InChI=1S/C18H19N3O4/c1-25-18-12-17(3-2-14(18)13-22)20-10-8-19(9-11-20)15-4-6-16(7-5-15)21(23)24/h2-7,12-13H,8-11H2,1H3. The molecule has 0 bridgehead atoms. The molecule has 25 heavy (non-hydrogen) atoms. The SMILES string of the molecule is COc1cc(N2CCN(c3ccc([N+](=O)[O-])cc3)CC2)ccc1C=O. The minimum atomic E-state index is -0.391. The van der Waals surface area contributed by atoms with Crippen LogP contribution in [0.15, 0.2) is 42.5 Å². The first kappa shape index (κ1) is 16.8. The number of ether oxygens (including phenoxy) is 1. The summed E-state index contributed by atoms with van der Waals surface area (Å²) in [6.45, 7) is 3.27. The van der Waals surface area contributed by atoms with Gasteiger partial charge in [-0.2, -0.15) is 0 Å². The van der Waals surface area contributed by atoms with Crippen LogP contribution in [-0.2, 0) is 0 Å². The average molecular weight is 341 g/mol. The van der Waals surface area contributed by atoms with Crippen LogP contribution >= 0.6 is 0 Å². The van der Waals surface area contributed by atoms with Crippen molar-refractivity contribution in [3.8, 4) is 5.75 Å². The third kappa shape index (κ3) is 3.55. The lowest BCUT2D eigenvalue weighted by atomic mass is 10.1. The van der Waals surface area contributed by atoms with Crippen LogP contribution in [-0.4, -0.2) is 44.5 Å². The Morgan fingerprint density at radius 3 is 2.08 bits per heavy atom. The van der Waals surface area contributed by atoms with E-state index in [-0.39, 0.29) is 5.69 Å². The van der Waals surface area contributed by atoms with Crippen molar-refractivity contribution in [2.75, 3.05) is 43.1 Å². The van der Waals surface area contributed by atoms with E-state index in [0.717, 1.165) is 43.8 Å². The Morgan fingerprint density at radius 1 is 1.00 bits per heavy atom. The van der Waals surface area contributed by atoms with E-state index < -0.39 is 4.92 Å². The molecule has 0 N–H and O–H groups in total. The highest BCUT2D eigenvalue weighted by atomic mass is 16.6. The van der Waals surface area contributed by atoms with Gasteiger partial charge in [0, 0.05) is 55.8 Å². The molecule has 0 aliphatic carbocycles. The van der Waals surface area contributed by atoms with Crippen molar-refractivity contribution in [3.05, 3.63) is 58.1 Å². The zero-order valence-electron chi connectivity index (χ0n) is 13.9. The summed E-state index contributed by atoms with van der Waals surface area (Å²) in [7, 11) is 1.55. The van der Waals surface area contributed by atoms with E-state index in [1.54, 1.807) is 25.3 Å². The van der Waals surface area contributed by atoms with Crippen molar-refractivity contribution >= 4 is 23.3 Å². The molecule has 3 rings (SSSR count). The quantitative estimate of drug-likeness (QED) is 0.473. The summed E-state index contributed by atoms with van der Waals surface area (Å²) in [6.07, 6.45) is 0.787. The number of benzene rings is 2. The maximum absolute atomic E-state index is 11.0. The number of hydrogen-bond donors (Lipinski definition) is 0. The molecule has 1 heterocycles. The normalized spacial score (nSPS) is 14.3. The molecule has 7 heteroatoms. The lowest BCUT2D eigenvalue weighted by Gasteiger charge is -2.37. The minimum absolute atomic E-state index is 0.102. The van der Waals surface area contributed by atoms with E-state index in [2.05, 4.69) is 9.80 Å². The molecule has 1 aliphatic heterocycles. The Balaban J connectivity index is 1.67. The van der Waals surface area contributed by atoms with Gasteiger partial charge in [0.05, 0.1) is 17.6 Å². The number of non-ortho nitro benzene ring substituents is 1. The van der Waals surface area contributed by atoms with Gasteiger partial charge >= 0.3 is 0 Å². The van der Waals surface area contributed by atoms with Gasteiger partial charge in [0.2, 0.25) is 0 Å². The Hall–Kier alpha value is -3.09. The molecule has 1 aliphatic rings. The maximum atomic E-state index is 11.0. The van der Waals surface area contributed by atoms with Crippen LogP contribution in [0.4, 0.5) is 17.1 Å². The predicted octanol–water partition coefficient (Wildman–Crippen LogP) is 2.74. The largest absolute Gasteiger partial charge is 0.496 e. The Morgan fingerprint density at radius 2 is 1.56 bits per heavy atom. The zero-order chi connectivity index (χ0) is 17.8. The van der Waals surface area contributed by atoms with Crippen molar-refractivity contribution in [1.29, 1.82) is 0 Å². The molecule has 0 unspecified atom stereocenters. The predicted molar refractivity (Wildman–Crippen MR) is 95.9 cm³/mol. The van der Waals surface area contributed by atoms with Gasteiger partial charge in [-0.3, -0.25) is 14.9 Å². The monoisotopic (exact) mass is 341 g/mol. The van der Waals surface area contributed by atoms with Crippen molar-refractivity contribution in [1.82, 2.24) is 0 Å². The van der Waals surface area contributed by atoms with Crippen LogP contribution in [0.3, 0.4) is 0 Å². The number of anilines is 2. The first-order valence-electron chi connectivity index (χ1n) is 8.00. The average Bonchev–Trinajstić information content (AvgIpc) is 2.67. The molecular formula is C18H19N3O4. The van der Waals surface area contributed by atoms with Crippen LogP contribution in [0.2, 0.25) is 0 Å². The van der Waals surface area contributed by atoms with Gasteiger partial charge in [0.15, 0.2) is 6.29 Å². The van der Waals surface area contributed by atoms with Crippen molar-refractivity contribution in [2.45, 2.75) is 0 Å². The molecular weight excluding hydrogens is 322 g/mol. The van der Waals surface area contributed by atoms with Crippen molar-refractivity contribution < 1.29 is 14.5 Å². The van der Waals surface area contributed by atoms with E-state index in [9.17, 15) is 14.9 Å². The number of nitro benzene ring substituents is 1. The number of hydrogen-bond acceptors (Lipinski definition) is 6. The van der Waals surface area contributed by atoms with Gasteiger partial charge in [-0.15, -0.1) is 0 Å². The summed E-state index contributed by atoms with van der Waals surface area (Å²) in [4.78, 5) is 25.8. The molecule has 0 amide bonds. The summed E-state index contributed by atoms with van der Waals surface area (Å²) < 4.78 is 5.27. The highest BCUT2D eigenvalue weighted by Crippen LogP contribution is 2.27. The van der Waals surface area contributed by atoms with E-state index in [0.29, 0.717) is 11.3 Å². The highest BCUT2D eigenvalue weighted by Gasteiger charge is 2.19. The summed E-state index contributed by atoms with van der Waals surface area (Å²) >= 11 is 0. The van der Waals surface area contributed by atoms with E-state index in [1.165, 1.54) is 12.1 Å². The van der Waals surface area contributed by atoms with Gasteiger partial charge in [0.1, 0.15) is 5.75 Å². The topological polar surface area (TPSA) is 75.9 Å². The zero-order valence-corrected chi connectivity index (χ0v) is 13.9. The number of nitrogens with zero attached hydrogens (tertiary/aromatic N) is 3. The molecule has 0 saturated carbocycles. The van der Waals surface area contributed by atoms with Gasteiger partial charge in [-0.25, -0.2) is 0 Å². The van der Waals surface area contributed by atoms with Gasteiger partial charge in [0.25, 0.3) is 5.69 Å². The Bertz CT molecular complexity index is 768. The molecule has 0 spiro atoms. The van der Waals surface area contributed by atoms with Crippen LogP contribution < -0.4 is 14.5 Å².